The normalized spacial score (nSPS) is 22.1. The highest BCUT2D eigenvalue weighted by atomic mass is 79.9. The molecule has 3 atom stereocenters. The fraction of sp³-hybridized carbons (Fsp3) is 0.400. The van der Waals surface area contributed by atoms with E-state index in [-0.39, 0.29) is 28.9 Å². The summed E-state index contributed by atoms with van der Waals surface area (Å²) in [4.78, 5) is 16.4. The zero-order chi connectivity index (χ0) is 22.2. The molecule has 10 heteroatoms. The second-order valence-electron chi connectivity index (χ2n) is 7.50. The maximum Gasteiger partial charge on any atom is 0.417 e. The number of amides is 1. The summed E-state index contributed by atoms with van der Waals surface area (Å²) in [5.74, 6) is -3.15. The van der Waals surface area contributed by atoms with E-state index in [1.165, 1.54) is 6.20 Å². The molecule has 30 heavy (non-hydrogen) atoms. The van der Waals surface area contributed by atoms with Crippen molar-refractivity contribution in [3.05, 3.63) is 57.3 Å². The van der Waals surface area contributed by atoms with Crippen LogP contribution in [0.25, 0.3) is 0 Å². The minimum absolute atomic E-state index is 0.190. The smallest absolute Gasteiger partial charge is 0.327 e. The number of fused-ring (bicyclic) bond motifs is 1. The van der Waals surface area contributed by atoms with Crippen LogP contribution in [-0.2, 0) is 17.4 Å². The van der Waals surface area contributed by atoms with Crippen molar-refractivity contribution in [2.75, 3.05) is 5.32 Å². The second-order valence-corrected chi connectivity index (χ2v) is 8.36. The molecular weight excluding hydrogens is 473 g/mol. The number of carbonyl (C=O) groups is 1. The van der Waals surface area contributed by atoms with E-state index < -0.39 is 41.4 Å². The number of nitrogens with one attached hydrogen (secondary N) is 1. The molecule has 0 fully saturated rings. The molecule has 1 aromatic carbocycles. The van der Waals surface area contributed by atoms with Gasteiger partial charge in [-0.05, 0) is 48.9 Å². The van der Waals surface area contributed by atoms with Gasteiger partial charge in [0.1, 0.15) is 5.82 Å². The SMILES string of the molecule is C[C@@H]1CC(C(=O)Nc2cc(Br)c(C(F)(F)F)cc2F)C[C@H](N)Cc2c1ccnc2F. The molecule has 3 N–H and O–H groups in total. The number of benzene rings is 1. The first-order chi connectivity index (χ1) is 14.0. The number of hydrogen-bond acceptors (Lipinski definition) is 3. The number of alkyl halides is 3. The summed E-state index contributed by atoms with van der Waals surface area (Å²) in [7, 11) is 0. The summed E-state index contributed by atoms with van der Waals surface area (Å²) in [6, 6.07) is 2.37. The van der Waals surface area contributed by atoms with Crippen molar-refractivity contribution in [2.24, 2.45) is 11.7 Å². The molecule has 2 aromatic rings. The van der Waals surface area contributed by atoms with Crippen molar-refractivity contribution in [1.82, 2.24) is 4.98 Å². The number of nitrogens with zero attached hydrogens (tertiary/aromatic N) is 1. The Bertz CT molecular complexity index is 966. The number of halogens is 6. The predicted molar refractivity (Wildman–Crippen MR) is 105 cm³/mol. The average Bonchev–Trinajstić information content (AvgIpc) is 2.63. The van der Waals surface area contributed by atoms with Crippen LogP contribution in [0.15, 0.2) is 28.9 Å². The third-order valence-corrected chi connectivity index (χ3v) is 5.91. The van der Waals surface area contributed by atoms with Gasteiger partial charge in [0.15, 0.2) is 0 Å². The molecule has 0 radical (unpaired) electrons. The Morgan fingerprint density at radius 3 is 2.63 bits per heavy atom. The topological polar surface area (TPSA) is 68.0 Å². The number of hydrogen-bond donors (Lipinski definition) is 2. The van der Waals surface area contributed by atoms with Crippen LogP contribution < -0.4 is 11.1 Å². The van der Waals surface area contributed by atoms with Gasteiger partial charge in [-0.2, -0.15) is 17.6 Å². The first-order valence-corrected chi connectivity index (χ1v) is 10.0. The first kappa shape index (κ1) is 22.6. The molecule has 1 aromatic heterocycles. The number of carbonyl (C=O) groups excluding carboxylic acids is 1. The van der Waals surface area contributed by atoms with Crippen LogP contribution in [0, 0.1) is 17.7 Å². The molecule has 1 amide bonds. The molecule has 1 heterocycles. The van der Waals surface area contributed by atoms with Gasteiger partial charge >= 0.3 is 6.18 Å². The van der Waals surface area contributed by atoms with Crippen LogP contribution in [-0.4, -0.2) is 16.9 Å². The number of pyridine rings is 1. The molecule has 162 valence electrons. The maximum absolute atomic E-state index is 14.2. The van der Waals surface area contributed by atoms with Crippen molar-refractivity contribution in [3.8, 4) is 0 Å². The molecular formula is C20H19BrF5N3O. The minimum atomic E-state index is -4.73. The van der Waals surface area contributed by atoms with Crippen LogP contribution in [0.5, 0.6) is 0 Å². The Hall–Kier alpha value is -2.07. The summed E-state index contributed by atoms with van der Waals surface area (Å²) in [5.41, 5.74) is 5.69. The van der Waals surface area contributed by atoms with Crippen molar-refractivity contribution in [1.29, 1.82) is 0 Å². The Balaban J connectivity index is 1.83. The predicted octanol–water partition coefficient (Wildman–Crippen LogP) is 5.16. The summed E-state index contributed by atoms with van der Waals surface area (Å²) < 4.78 is 66.6. The molecule has 0 bridgehead atoms. The largest absolute Gasteiger partial charge is 0.417 e. The molecule has 0 saturated carbocycles. The molecule has 1 aliphatic carbocycles. The molecule has 1 aliphatic rings. The summed E-state index contributed by atoms with van der Waals surface area (Å²) in [6.45, 7) is 1.84. The van der Waals surface area contributed by atoms with E-state index in [0.29, 0.717) is 23.6 Å². The van der Waals surface area contributed by atoms with Crippen LogP contribution in [0.1, 0.15) is 42.4 Å². The standard InChI is InChI=1S/C20H19BrF5N3O/c1-9-4-10(5-11(27)6-13-12(9)2-3-28-18(13)23)19(30)29-17-8-15(21)14(7-16(17)22)20(24,25)26/h2-3,7-11H,4-6,27H2,1H3,(H,29,30)/t9-,10?,11+/m1/s1. The zero-order valence-corrected chi connectivity index (χ0v) is 17.4. The van der Waals surface area contributed by atoms with Crippen LogP contribution in [0.3, 0.4) is 0 Å². The number of aromatic nitrogens is 1. The van der Waals surface area contributed by atoms with Gasteiger partial charge in [-0.15, -0.1) is 0 Å². The van der Waals surface area contributed by atoms with E-state index in [0.717, 1.165) is 6.07 Å². The number of rotatable bonds is 2. The molecule has 0 spiro atoms. The lowest BCUT2D eigenvalue weighted by atomic mass is 9.80. The minimum Gasteiger partial charge on any atom is -0.327 e. The average molecular weight is 492 g/mol. The Morgan fingerprint density at radius 2 is 1.97 bits per heavy atom. The molecule has 3 rings (SSSR count). The quantitative estimate of drug-likeness (QED) is 0.450. The highest BCUT2D eigenvalue weighted by Crippen LogP contribution is 2.38. The number of anilines is 1. The molecule has 1 unspecified atom stereocenters. The lowest BCUT2D eigenvalue weighted by Gasteiger charge is -2.28. The maximum atomic E-state index is 14.2. The van der Waals surface area contributed by atoms with E-state index in [9.17, 15) is 26.7 Å². The summed E-state index contributed by atoms with van der Waals surface area (Å²) >= 11 is 2.77. The summed E-state index contributed by atoms with van der Waals surface area (Å²) in [6.07, 6.45) is -2.65. The van der Waals surface area contributed by atoms with Gasteiger partial charge in [0.2, 0.25) is 11.9 Å². The van der Waals surface area contributed by atoms with Gasteiger partial charge < -0.3 is 11.1 Å². The monoisotopic (exact) mass is 491 g/mol. The first-order valence-electron chi connectivity index (χ1n) is 9.23. The highest BCUT2D eigenvalue weighted by Gasteiger charge is 2.35. The van der Waals surface area contributed by atoms with E-state index in [1.807, 2.05) is 6.92 Å². The van der Waals surface area contributed by atoms with Crippen molar-refractivity contribution in [3.63, 3.8) is 0 Å². The van der Waals surface area contributed by atoms with Gasteiger partial charge in [-0.3, -0.25) is 4.79 Å². The molecule has 4 nitrogen and oxygen atoms in total. The fourth-order valence-corrected chi connectivity index (χ4v) is 4.38. The van der Waals surface area contributed by atoms with Crippen molar-refractivity contribution < 1.29 is 26.7 Å². The number of nitrogens with two attached hydrogens (primary N) is 1. The van der Waals surface area contributed by atoms with Crippen LogP contribution >= 0.6 is 15.9 Å². The highest BCUT2D eigenvalue weighted by molar-refractivity contribution is 9.10. The lowest BCUT2D eigenvalue weighted by Crippen LogP contribution is -2.35. The van der Waals surface area contributed by atoms with Crippen molar-refractivity contribution in [2.45, 2.75) is 44.3 Å². The fourth-order valence-electron chi connectivity index (χ4n) is 3.81. The third-order valence-electron chi connectivity index (χ3n) is 5.25. The van der Waals surface area contributed by atoms with E-state index in [1.54, 1.807) is 6.07 Å². The second kappa shape index (κ2) is 8.58. The van der Waals surface area contributed by atoms with Crippen molar-refractivity contribution >= 4 is 27.5 Å². The lowest BCUT2D eigenvalue weighted by molar-refractivity contribution is -0.138. The third kappa shape index (κ3) is 4.80. The van der Waals surface area contributed by atoms with Gasteiger partial charge in [-0.25, -0.2) is 9.37 Å². The molecule has 0 aliphatic heterocycles. The van der Waals surface area contributed by atoms with E-state index in [4.69, 9.17) is 5.73 Å². The van der Waals surface area contributed by atoms with Crippen LogP contribution in [0.4, 0.5) is 27.6 Å². The zero-order valence-electron chi connectivity index (χ0n) is 15.9. The molecule has 0 saturated heterocycles. The Morgan fingerprint density at radius 1 is 1.27 bits per heavy atom. The Labute approximate surface area is 178 Å². The van der Waals surface area contributed by atoms with Gasteiger partial charge in [0.05, 0.1) is 11.3 Å². The summed E-state index contributed by atoms with van der Waals surface area (Å²) in [5, 5.41) is 2.37. The van der Waals surface area contributed by atoms with Gasteiger partial charge in [0, 0.05) is 28.2 Å². The Kier molecular flexibility index (Phi) is 6.47. The van der Waals surface area contributed by atoms with E-state index in [2.05, 4.69) is 26.2 Å². The van der Waals surface area contributed by atoms with Crippen LogP contribution in [0.2, 0.25) is 0 Å². The van der Waals surface area contributed by atoms with Gasteiger partial charge in [0.25, 0.3) is 0 Å². The van der Waals surface area contributed by atoms with E-state index >= 15 is 0 Å². The van der Waals surface area contributed by atoms with Gasteiger partial charge in [-0.1, -0.05) is 22.9 Å².